The van der Waals surface area contributed by atoms with Crippen LogP contribution in [0.25, 0.3) is 5.57 Å². The molecule has 1 amide bonds. The molecule has 0 saturated carbocycles. The molecule has 2 heterocycles. The van der Waals surface area contributed by atoms with Crippen molar-refractivity contribution in [3.8, 4) is 0 Å². The first-order valence-electron chi connectivity index (χ1n) is 6.73. The fraction of sp³-hybridized carbons (Fsp3) is 0.500. The van der Waals surface area contributed by atoms with Crippen molar-refractivity contribution in [1.29, 1.82) is 0 Å². The standard InChI is InChI=1S/C14H21N3O3/c1-4-20-9(2)7-16-13(18)11-8-17(3)14(19)12-10(11)5-6-15-12/h5-6,8-9,14-15,19H,4,7H2,1-3H3,(H,16,18). The maximum absolute atomic E-state index is 12.3. The molecule has 2 atom stereocenters. The van der Waals surface area contributed by atoms with Gasteiger partial charge in [-0.1, -0.05) is 0 Å². The second-order valence-electron chi connectivity index (χ2n) is 4.86. The highest BCUT2D eigenvalue weighted by Gasteiger charge is 2.27. The molecule has 20 heavy (non-hydrogen) atoms. The fourth-order valence-corrected chi connectivity index (χ4v) is 2.23. The van der Waals surface area contributed by atoms with Crippen molar-refractivity contribution in [3.05, 3.63) is 29.7 Å². The Morgan fingerprint density at radius 3 is 3.10 bits per heavy atom. The Kier molecular flexibility index (Phi) is 4.46. The number of nitrogens with zero attached hydrogens (tertiary/aromatic N) is 1. The molecule has 0 radical (unpaired) electrons. The van der Waals surface area contributed by atoms with Gasteiger partial charge in [0.2, 0.25) is 0 Å². The second kappa shape index (κ2) is 6.11. The van der Waals surface area contributed by atoms with Gasteiger partial charge in [-0.2, -0.15) is 0 Å². The van der Waals surface area contributed by atoms with E-state index in [1.165, 1.54) is 0 Å². The van der Waals surface area contributed by atoms with Gasteiger partial charge in [-0.15, -0.1) is 0 Å². The van der Waals surface area contributed by atoms with Crippen LogP contribution in [0.4, 0.5) is 0 Å². The third-order valence-electron chi connectivity index (χ3n) is 3.29. The number of ether oxygens (including phenoxy) is 1. The smallest absolute Gasteiger partial charge is 0.253 e. The van der Waals surface area contributed by atoms with Crippen molar-refractivity contribution in [2.24, 2.45) is 0 Å². The minimum Gasteiger partial charge on any atom is -0.377 e. The van der Waals surface area contributed by atoms with E-state index in [1.807, 2.05) is 13.8 Å². The van der Waals surface area contributed by atoms with E-state index in [1.54, 1.807) is 30.4 Å². The van der Waals surface area contributed by atoms with Gasteiger partial charge in [0.1, 0.15) is 0 Å². The molecule has 6 heteroatoms. The van der Waals surface area contributed by atoms with E-state index < -0.39 is 6.23 Å². The lowest BCUT2D eigenvalue weighted by atomic mass is 10.0. The summed E-state index contributed by atoms with van der Waals surface area (Å²) in [5, 5.41) is 12.9. The number of aromatic amines is 1. The number of aliphatic hydroxyl groups excluding tert-OH is 1. The molecule has 1 aromatic heterocycles. The summed E-state index contributed by atoms with van der Waals surface area (Å²) < 4.78 is 5.38. The minimum atomic E-state index is -0.751. The molecule has 0 fully saturated rings. The Bertz CT molecular complexity index is 510. The Morgan fingerprint density at radius 1 is 1.65 bits per heavy atom. The lowest BCUT2D eigenvalue weighted by molar-refractivity contribution is -0.116. The fourth-order valence-electron chi connectivity index (χ4n) is 2.23. The summed E-state index contributed by atoms with van der Waals surface area (Å²) >= 11 is 0. The van der Waals surface area contributed by atoms with Gasteiger partial charge in [0.25, 0.3) is 5.91 Å². The molecular formula is C14H21N3O3. The van der Waals surface area contributed by atoms with E-state index in [-0.39, 0.29) is 12.0 Å². The molecule has 2 rings (SSSR count). The van der Waals surface area contributed by atoms with Crippen molar-refractivity contribution in [2.45, 2.75) is 26.2 Å². The molecule has 110 valence electrons. The summed E-state index contributed by atoms with van der Waals surface area (Å²) in [6.07, 6.45) is 2.60. The summed E-state index contributed by atoms with van der Waals surface area (Å²) in [6.45, 7) is 4.91. The van der Waals surface area contributed by atoms with Crippen molar-refractivity contribution >= 4 is 11.5 Å². The molecular weight excluding hydrogens is 258 g/mol. The third kappa shape index (κ3) is 2.86. The number of hydrogen-bond donors (Lipinski definition) is 3. The summed E-state index contributed by atoms with van der Waals surface area (Å²) in [4.78, 5) is 16.8. The second-order valence-corrected chi connectivity index (χ2v) is 4.86. The zero-order valence-corrected chi connectivity index (χ0v) is 12.0. The van der Waals surface area contributed by atoms with E-state index in [0.717, 1.165) is 5.56 Å². The number of carbonyl (C=O) groups is 1. The van der Waals surface area contributed by atoms with Crippen LogP contribution in [0.3, 0.4) is 0 Å². The quantitative estimate of drug-likeness (QED) is 0.746. The Balaban J connectivity index is 2.09. The number of aliphatic hydroxyl groups is 1. The SMILES string of the molecule is CCOC(C)CNC(=O)C1=CN(C)C(O)c2[nH]ccc21. The average Bonchev–Trinajstić information content (AvgIpc) is 2.90. The molecule has 1 aliphatic rings. The van der Waals surface area contributed by atoms with Crippen molar-refractivity contribution < 1.29 is 14.6 Å². The van der Waals surface area contributed by atoms with Crippen molar-refractivity contribution in [3.63, 3.8) is 0 Å². The molecule has 0 bridgehead atoms. The lowest BCUT2D eigenvalue weighted by Crippen LogP contribution is -2.35. The summed E-state index contributed by atoms with van der Waals surface area (Å²) in [5.41, 5.74) is 1.91. The highest BCUT2D eigenvalue weighted by atomic mass is 16.5. The molecule has 0 aliphatic carbocycles. The van der Waals surface area contributed by atoms with Crippen LogP contribution in [0.1, 0.15) is 31.3 Å². The van der Waals surface area contributed by atoms with Gasteiger partial charge in [0, 0.05) is 38.2 Å². The highest BCUT2D eigenvalue weighted by molar-refractivity contribution is 6.20. The van der Waals surface area contributed by atoms with Crippen LogP contribution in [0.2, 0.25) is 0 Å². The van der Waals surface area contributed by atoms with E-state index >= 15 is 0 Å². The summed E-state index contributed by atoms with van der Waals surface area (Å²) in [6, 6.07) is 1.79. The highest BCUT2D eigenvalue weighted by Crippen LogP contribution is 2.31. The number of aromatic nitrogens is 1. The van der Waals surface area contributed by atoms with Gasteiger partial charge in [-0.05, 0) is 19.9 Å². The van der Waals surface area contributed by atoms with E-state index in [4.69, 9.17) is 4.74 Å². The van der Waals surface area contributed by atoms with Crippen LogP contribution < -0.4 is 5.32 Å². The van der Waals surface area contributed by atoms with Crippen LogP contribution in [-0.4, -0.2) is 47.2 Å². The molecule has 0 spiro atoms. The maximum Gasteiger partial charge on any atom is 0.253 e. The van der Waals surface area contributed by atoms with Gasteiger partial charge >= 0.3 is 0 Å². The number of amides is 1. The minimum absolute atomic E-state index is 0.0258. The van der Waals surface area contributed by atoms with Crippen LogP contribution in [0.15, 0.2) is 18.5 Å². The van der Waals surface area contributed by atoms with Crippen molar-refractivity contribution in [1.82, 2.24) is 15.2 Å². The van der Waals surface area contributed by atoms with Gasteiger partial charge in [0.05, 0.1) is 17.4 Å². The van der Waals surface area contributed by atoms with Gasteiger partial charge in [-0.3, -0.25) is 4.79 Å². The topological polar surface area (TPSA) is 77.6 Å². The van der Waals surface area contributed by atoms with Gasteiger partial charge in [0.15, 0.2) is 6.23 Å². The molecule has 1 aromatic rings. The largest absolute Gasteiger partial charge is 0.377 e. The summed E-state index contributed by atoms with van der Waals surface area (Å²) in [7, 11) is 1.73. The van der Waals surface area contributed by atoms with Crippen LogP contribution >= 0.6 is 0 Å². The normalized spacial score (nSPS) is 19.3. The maximum atomic E-state index is 12.3. The first-order chi connectivity index (χ1) is 9.54. The molecule has 3 N–H and O–H groups in total. The van der Waals surface area contributed by atoms with Gasteiger partial charge in [-0.25, -0.2) is 0 Å². The molecule has 0 aromatic carbocycles. The first-order valence-corrected chi connectivity index (χ1v) is 6.73. The predicted octanol–water partition coefficient (Wildman–Crippen LogP) is 0.833. The zero-order valence-electron chi connectivity index (χ0n) is 12.0. The Morgan fingerprint density at radius 2 is 2.40 bits per heavy atom. The lowest BCUT2D eigenvalue weighted by Gasteiger charge is -2.28. The molecule has 2 unspecified atom stereocenters. The number of fused-ring (bicyclic) bond motifs is 1. The Hall–Kier alpha value is -1.79. The van der Waals surface area contributed by atoms with Crippen LogP contribution in [0.5, 0.6) is 0 Å². The predicted molar refractivity (Wildman–Crippen MR) is 75.6 cm³/mol. The monoisotopic (exact) mass is 279 g/mol. The first kappa shape index (κ1) is 14.6. The third-order valence-corrected chi connectivity index (χ3v) is 3.29. The van der Waals surface area contributed by atoms with Crippen LogP contribution in [0, 0.1) is 0 Å². The number of nitrogens with one attached hydrogen (secondary N) is 2. The number of H-pyrrole nitrogens is 1. The van der Waals surface area contributed by atoms with E-state index in [0.29, 0.717) is 24.4 Å². The summed E-state index contributed by atoms with van der Waals surface area (Å²) in [5.74, 6) is -0.170. The van der Waals surface area contributed by atoms with E-state index in [2.05, 4.69) is 10.3 Å². The Labute approximate surface area is 118 Å². The van der Waals surface area contributed by atoms with Crippen LogP contribution in [-0.2, 0) is 9.53 Å². The molecule has 1 aliphatic heterocycles. The van der Waals surface area contributed by atoms with Crippen molar-refractivity contribution in [2.75, 3.05) is 20.2 Å². The van der Waals surface area contributed by atoms with Gasteiger partial charge < -0.3 is 25.0 Å². The zero-order chi connectivity index (χ0) is 14.7. The molecule has 6 nitrogen and oxygen atoms in total. The number of carbonyl (C=O) groups excluding carboxylic acids is 1. The average molecular weight is 279 g/mol. The number of hydrogen-bond acceptors (Lipinski definition) is 4. The van der Waals surface area contributed by atoms with E-state index in [9.17, 15) is 9.90 Å². The molecule has 0 saturated heterocycles. The number of rotatable bonds is 5.